The van der Waals surface area contributed by atoms with Crippen molar-refractivity contribution in [2.75, 3.05) is 13.2 Å². The normalized spacial score (nSPS) is 49.7. The van der Waals surface area contributed by atoms with Crippen molar-refractivity contribution in [3.8, 4) is 0 Å². The quantitative estimate of drug-likeness (QED) is 0.480. The highest BCUT2D eigenvalue weighted by molar-refractivity contribution is 4.86. The van der Waals surface area contributed by atoms with E-state index in [1.807, 2.05) is 0 Å². The molecular formula is C7H12O2. The van der Waals surface area contributed by atoms with Gasteiger partial charge >= 0.3 is 0 Å². The Balaban J connectivity index is 2.07. The summed E-state index contributed by atoms with van der Waals surface area (Å²) < 4.78 is 10.9. The molecule has 3 atom stereocenters. The van der Waals surface area contributed by atoms with E-state index in [4.69, 9.17) is 9.47 Å². The Labute approximate surface area is 55.1 Å². The van der Waals surface area contributed by atoms with Crippen LogP contribution in [0.15, 0.2) is 0 Å². The minimum absolute atomic E-state index is 0.421. The van der Waals surface area contributed by atoms with Crippen molar-refractivity contribution in [2.24, 2.45) is 5.92 Å². The molecule has 2 aliphatic heterocycles. The van der Waals surface area contributed by atoms with E-state index in [0.29, 0.717) is 18.1 Å². The molecule has 52 valence electrons. The van der Waals surface area contributed by atoms with Gasteiger partial charge in [0.1, 0.15) is 0 Å². The van der Waals surface area contributed by atoms with Gasteiger partial charge in [-0.05, 0) is 6.42 Å². The van der Waals surface area contributed by atoms with E-state index < -0.39 is 0 Å². The Kier molecular flexibility index (Phi) is 1.24. The number of hydrogen-bond acceptors (Lipinski definition) is 2. The zero-order valence-corrected chi connectivity index (χ0v) is 5.67. The molecule has 2 heteroatoms. The van der Waals surface area contributed by atoms with E-state index in [2.05, 4.69) is 6.92 Å². The average molecular weight is 128 g/mol. The summed E-state index contributed by atoms with van der Waals surface area (Å²) in [7, 11) is 0. The van der Waals surface area contributed by atoms with Crippen molar-refractivity contribution in [3.05, 3.63) is 0 Å². The SMILES string of the molecule is CC1CO[C@@H]2CCOC12. The molecule has 0 radical (unpaired) electrons. The minimum Gasteiger partial charge on any atom is -0.375 e. The summed E-state index contributed by atoms with van der Waals surface area (Å²) in [6, 6.07) is 0. The molecule has 2 unspecified atom stereocenters. The van der Waals surface area contributed by atoms with Crippen molar-refractivity contribution in [3.63, 3.8) is 0 Å². The van der Waals surface area contributed by atoms with Crippen LogP contribution in [0, 0.1) is 5.92 Å². The molecule has 0 amide bonds. The fourth-order valence-electron chi connectivity index (χ4n) is 1.67. The van der Waals surface area contributed by atoms with E-state index in [9.17, 15) is 0 Å². The lowest BCUT2D eigenvalue weighted by molar-refractivity contribution is 0.0658. The molecule has 0 aromatic heterocycles. The summed E-state index contributed by atoms with van der Waals surface area (Å²) in [5.41, 5.74) is 0. The molecule has 0 aliphatic carbocycles. The highest BCUT2D eigenvalue weighted by Gasteiger charge is 2.38. The number of ether oxygens (including phenoxy) is 2. The van der Waals surface area contributed by atoms with E-state index in [1.54, 1.807) is 0 Å². The van der Waals surface area contributed by atoms with Gasteiger partial charge in [-0.3, -0.25) is 0 Å². The van der Waals surface area contributed by atoms with Crippen molar-refractivity contribution >= 4 is 0 Å². The van der Waals surface area contributed by atoms with Gasteiger partial charge in [0.05, 0.1) is 18.8 Å². The van der Waals surface area contributed by atoms with Gasteiger partial charge in [-0.1, -0.05) is 6.92 Å². The third-order valence-electron chi connectivity index (χ3n) is 2.21. The smallest absolute Gasteiger partial charge is 0.0884 e. The van der Waals surface area contributed by atoms with E-state index >= 15 is 0 Å². The first-order valence-corrected chi connectivity index (χ1v) is 3.61. The summed E-state index contributed by atoms with van der Waals surface area (Å²) in [6.45, 7) is 3.99. The highest BCUT2D eigenvalue weighted by Crippen LogP contribution is 2.29. The van der Waals surface area contributed by atoms with Crippen molar-refractivity contribution in [2.45, 2.75) is 25.6 Å². The molecule has 0 spiro atoms. The second-order valence-electron chi connectivity index (χ2n) is 2.97. The second-order valence-corrected chi connectivity index (χ2v) is 2.97. The molecule has 9 heavy (non-hydrogen) atoms. The summed E-state index contributed by atoms with van der Waals surface area (Å²) in [5.74, 6) is 0.623. The maximum Gasteiger partial charge on any atom is 0.0884 e. The van der Waals surface area contributed by atoms with Crippen LogP contribution in [-0.4, -0.2) is 25.4 Å². The van der Waals surface area contributed by atoms with Gasteiger partial charge in [0.2, 0.25) is 0 Å². The van der Waals surface area contributed by atoms with Crippen LogP contribution in [0.1, 0.15) is 13.3 Å². The third-order valence-corrected chi connectivity index (χ3v) is 2.21. The average Bonchev–Trinajstić information content (AvgIpc) is 2.35. The Bertz CT molecular complexity index is 113. The monoisotopic (exact) mass is 128 g/mol. The molecule has 2 nitrogen and oxygen atoms in total. The Morgan fingerprint density at radius 1 is 1.33 bits per heavy atom. The second kappa shape index (κ2) is 1.96. The van der Waals surface area contributed by atoms with Gasteiger partial charge in [-0.25, -0.2) is 0 Å². The minimum atomic E-state index is 0.421. The molecule has 2 heterocycles. The first kappa shape index (κ1) is 5.69. The summed E-state index contributed by atoms with van der Waals surface area (Å²) >= 11 is 0. The fraction of sp³-hybridized carbons (Fsp3) is 1.00. The van der Waals surface area contributed by atoms with Crippen LogP contribution in [0.4, 0.5) is 0 Å². The Hall–Kier alpha value is -0.0800. The number of hydrogen-bond donors (Lipinski definition) is 0. The zero-order valence-electron chi connectivity index (χ0n) is 5.67. The van der Waals surface area contributed by atoms with Crippen LogP contribution in [0.2, 0.25) is 0 Å². The first-order chi connectivity index (χ1) is 4.38. The van der Waals surface area contributed by atoms with Gasteiger partial charge in [-0.15, -0.1) is 0 Å². The maximum atomic E-state index is 5.46. The van der Waals surface area contributed by atoms with Crippen LogP contribution < -0.4 is 0 Å². The molecule has 0 saturated carbocycles. The molecule has 0 N–H and O–H groups in total. The van der Waals surface area contributed by atoms with E-state index in [1.165, 1.54) is 0 Å². The van der Waals surface area contributed by atoms with Crippen LogP contribution in [0.3, 0.4) is 0 Å². The van der Waals surface area contributed by atoms with Crippen LogP contribution >= 0.6 is 0 Å². The molecule has 2 rings (SSSR count). The van der Waals surface area contributed by atoms with Gasteiger partial charge in [-0.2, -0.15) is 0 Å². The lowest BCUT2D eigenvalue weighted by Gasteiger charge is -2.08. The van der Waals surface area contributed by atoms with Gasteiger partial charge < -0.3 is 9.47 Å². The summed E-state index contributed by atoms with van der Waals surface area (Å²) in [6.07, 6.45) is 1.96. The Morgan fingerprint density at radius 3 is 3.00 bits per heavy atom. The topological polar surface area (TPSA) is 18.5 Å². The molecule has 2 fully saturated rings. The standard InChI is InChI=1S/C7H12O2/c1-5-4-9-6-2-3-8-7(5)6/h5-7H,2-4H2,1H3/t5?,6-,7?/m1/s1. The molecule has 0 aromatic rings. The lowest BCUT2D eigenvalue weighted by Crippen LogP contribution is -2.19. The predicted molar refractivity (Wildman–Crippen MR) is 33.3 cm³/mol. The Morgan fingerprint density at radius 2 is 2.22 bits per heavy atom. The number of fused-ring (bicyclic) bond motifs is 1. The van der Waals surface area contributed by atoms with Crippen molar-refractivity contribution in [1.29, 1.82) is 0 Å². The van der Waals surface area contributed by atoms with Crippen LogP contribution in [0.25, 0.3) is 0 Å². The molecule has 0 bridgehead atoms. The van der Waals surface area contributed by atoms with Gasteiger partial charge in [0, 0.05) is 12.5 Å². The fourth-order valence-corrected chi connectivity index (χ4v) is 1.67. The molecule has 2 aliphatic rings. The third kappa shape index (κ3) is 0.775. The van der Waals surface area contributed by atoms with Crippen LogP contribution in [-0.2, 0) is 9.47 Å². The molecule has 2 saturated heterocycles. The largest absolute Gasteiger partial charge is 0.375 e. The molecule has 0 aromatic carbocycles. The van der Waals surface area contributed by atoms with Crippen molar-refractivity contribution in [1.82, 2.24) is 0 Å². The summed E-state index contributed by atoms with van der Waals surface area (Å²) in [5, 5.41) is 0. The maximum absolute atomic E-state index is 5.46. The van der Waals surface area contributed by atoms with Crippen molar-refractivity contribution < 1.29 is 9.47 Å². The van der Waals surface area contributed by atoms with E-state index in [0.717, 1.165) is 19.6 Å². The lowest BCUT2D eigenvalue weighted by atomic mass is 10.1. The first-order valence-electron chi connectivity index (χ1n) is 3.61. The highest BCUT2D eigenvalue weighted by atomic mass is 16.6. The van der Waals surface area contributed by atoms with Crippen LogP contribution in [0.5, 0.6) is 0 Å². The van der Waals surface area contributed by atoms with E-state index in [-0.39, 0.29) is 0 Å². The molecular weight excluding hydrogens is 116 g/mol. The predicted octanol–water partition coefficient (Wildman–Crippen LogP) is 0.810. The summed E-state index contributed by atoms with van der Waals surface area (Å²) in [4.78, 5) is 0. The van der Waals surface area contributed by atoms with Gasteiger partial charge in [0.15, 0.2) is 0 Å². The zero-order chi connectivity index (χ0) is 6.27. The number of rotatable bonds is 0. The van der Waals surface area contributed by atoms with Gasteiger partial charge in [0.25, 0.3) is 0 Å².